The maximum atomic E-state index is 2.38. The summed E-state index contributed by atoms with van der Waals surface area (Å²) in [5.41, 5.74) is 3.30. The molecule has 0 atom stereocenters. The van der Waals surface area contributed by atoms with Gasteiger partial charge in [0.25, 0.3) is 0 Å². The lowest BCUT2D eigenvalue weighted by atomic mass is 10.0. The fourth-order valence-corrected chi connectivity index (χ4v) is 1.89. The van der Waals surface area contributed by atoms with Crippen molar-refractivity contribution in [2.24, 2.45) is 5.92 Å². The van der Waals surface area contributed by atoms with Crippen LogP contribution in [0.5, 0.6) is 0 Å². The first-order valence-corrected chi connectivity index (χ1v) is 5.21. The minimum absolute atomic E-state index is 1.04. The van der Waals surface area contributed by atoms with Crippen molar-refractivity contribution in [1.29, 1.82) is 0 Å². The molecule has 0 nitrogen and oxygen atoms in total. The molecule has 0 bridgehead atoms. The van der Waals surface area contributed by atoms with Crippen molar-refractivity contribution in [3.63, 3.8) is 0 Å². The molecule has 2 rings (SSSR count). The first kappa shape index (κ1) is 8.10. The molecule has 0 saturated heterocycles. The molecular weight excluding hydrogens is 144 g/mol. The second kappa shape index (κ2) is 3.47. The normalized spacial score (nSPS) is 24.4. The van der Waals surface area contributed by atoms with Crippen LogP contribution in [0.3, 0.4) is 0 Å². The van der Waals surface area contributed by atoms with Crippen LogP contribution >= 0.6 is 0 Å². The molecule has 1 saturated carbocycles. The van der Waals surface area contributed by atoms with Crippen LogP contribution in [0.4, 0.5) is 0 Å². The average molecular weight is 162 g/mol. The zero-order valence-corrected chi connectivity index (χ0v) is 7.97. The van der Waals surface area contributed by atoms with Gasteiger partial charge in [0, 0.05) is 0 Å². The fourth-order valence-electron chi connectivity index (χ4n) is 1.89. The quantitative estimate of drug-likeness (QED) is 0.578. The van der Waals surface area contributed by atoms with Gasteiger partial charge in [0.15, 0.2) is 0 Å². The topological polar surface area (TPSA) is 0 Å². The van der Waals surface area contributed by atoms with E-state index in [-0.39, 0.29) is 0 Å². The summed E-state index contributed by atoms with van der Waals surface area (Å²) in [5.74, 6) is 1.04. The van der Waals surface area contributed by atoms with Crippen LogP contribution < -0.4 is 0 Å². The molecule has 1 fully saturated rings. The Labute approximate surface area is 75.4 Å². The molecule has 0 unspecified atom stereocenters. The van der Waals surface area contributed by atoms with Gasteiger partial charge in [0.1, 0.15) is 0 Å². The SMILES string of the molecule is CC1=C(CC2CC2)C=CCCC1. The summed E-state index contributed by atoms with van der Waals surface area (Å²) in [7, 11) is 0. The molecule has 66 valence electrons. The number of allylic oxidation sites excluding steroid dienone is 4. The first-order chi connectivity index (χ1) is 5.86. The molecule has 0 N–H and O–H groups in total. The van der Waals surface area contributed by atoms with Crippen LogP contribution in [0.25, 0.3) is 0 Å². The number of rotatable bonds is 2. The Bertz CT molecular complexity index is 216. The lowest BCUT2D eigenvalue weighted by Gasteiger charge is -2.04. The Balaban J connectivity index is 2.04. The molecule has 0 amide bonds. The van der Waals surface area contributed by atoms with Crippen molar-refractivity contribution in [1.82, 2.24) is 0 Å². The van der Waals surface area contributed by atoms with E-state index in [4.69, 9.17) is 0 Å². The van der Waals surface area contributed by atoms with Gasteiger partial charge in [0.05, 0.1) is 0 Å². The highest BCUT2D eigenvalue weighted by atomic mass is 14.3. The van der Waals surface area contributed by atoms with Gasteiger partial charge in [0.2, 0.25) is 0 Å². The van der Waals surface area contributed by atoms with Crippen LogP contribution in [0.15, 0.2) is 23.3 Å². The minimum atomic E-state index is 1.04. The summed E-state index contributed by atoms with van der Waals surface area (Å²) in [4.78, 5) is 0. The third-order valence-corrected chi connectivity index (χ3v) is 3.00. The predicted molar refractivity (Wildman–Crippen MR) is 53.0 cm³/mol. The van der Waals surface area contributed by atoms with Gasteiger partial charge in [-0.25, -0.2) is 0 Å². The molecule has 0 aromatic carbocycles. The summed E-state index contributed by atoms with van der Waals surface area (Å²) >= 11 is 0. The van der Waals surface area contributed by atoms with Gasteiger partial charge in [-0.15, -0.1) is 0 Å². The van der Waals surface area contributed by atoms with Crippen LogP contribution in [0.2, 0.25) is 0 Å². The van der Waals surface area contributed by atoms with Crippen molar-refractivity contribution >= 4 is 0 Å². The van der Waals surface area contributed by atoms with Crippen molar-refractivity contribution in [2.45, 2.75) is 45.4 Å². The van der Waals surface area contributed by atoms with Crippen molar-refractivity contribution < 1.29 is 0 Å². The molecule has 0 aromatic rings. The van der Waals surface area contributed by atoms with Crippen LogP contribution in [-0.2, 0) is 0 Å². The van der Waals surface area contributed by atoms with E-state index >= 15 is 0 Å². The minimum Gasteiger partial charge on any atom is -0.0843 e. The molecule has 0 spiro atoms. The average Bonchev–Trinajstić information content (AvgIpc) is 2.84. The Hall–Kier alpha value is -0.520. The van der Waals surface area contributed by atoms with Crippen LogP contribution in [0, 0.1) is 5.92 Å². The number of hydrogen-bond acceptors (Lipinski definition) is 0. The molecule has 0 aliphatic heterocycles. The lowest BCUT2D eigenvalue weighted by Crippen LogP contribution is -1.86. The van der Waals surface area contributed by atoms with Crippen molar-refractivity contribution in [3.8, 4) is 0 Å². The third kappa shape index (κ3) is 2.00. The second-order valence-corrected chi connectivity index (χ2v) is 4.25. The summed E-state index contributed by atoms with van der Waals surface area (Å²) in [6.07, 6.45) is 13.0. The highest BCUT2D eigenvalue weighted by molar-refractivity contribution is 5.27. The number of hydrogen-bond donors (Lipinski definition) is 0. The Morgan fingerprint density at radius 2 is 2.25 bits per heavy atom. The van der Waals surface area contributed by atoms with Crippen molar-refractivity contribution in [2.75, 3.05) is 0 Å². The third-order valence-electron chi connectivity index (χ3n) is 3.00. The fraction of sp³-hybridized carbons (Fsp3) is 0.667. The summed E-state index contributed by atoms with van der Waals surface area (Å²) < 4.78 is 0. The zero-order valence-electron chi connectivity index (χ0n) is 7.97. The molecule has 2 aliphatic carbocycles. The molecule has 0 radical (unpaired) electrons. The van der Waals surface area contributed by atoms with E-state index in [0.717, 1.165) is 5.92 Å². The van der Waals surface area contributed by atoms with E-state index in [1.165, 1.54) is 38.5 Å². The second-order valence-electron chi connectivity index (χ2n) is 4.25. The molecule has 0 aromatic heterocycles. The Kier molecular flexibility index (Phi) is 2.34. The van der Waals surface area contributed by atoms with E-state index in [2.05, 4.69) is 19.1 Å². The van der Waals surface area contributed by atoms with Crippen LogP contribution in [-0.4, -0.2) is 0 Å². The maximum absolute atomic E-state index is 2.38. The van der Waals surface area contributed by atoms with Gasteiger partial charge in [-0.3, -0.25) is 0 Å². The van der Waals surface area contributed by atoms with E-state index in [9.17, 15) is 0 Å². The smallest absolute Gasteiger partial charge is 0.0251 e. The van der Waals surface area contributed by atoms with Crippen molar-refractivity contribution in [3.05, 3.63) is 23.3 Å². The van der Waals surface area contributed by atoms with Gasteiger partial charge in [-0.1, -0.05) is 17.7 Å². The lowest BCUT2D eigenvalue weighted by molar-refractivity contribution is 0.800. The zero-order chi connectivity index (χ0) is 8.39. The van der Waals surface area contributed by atoms with Gasteiger partial charge < -0.3 is 0 Å². The van der Waals surface area contributed by atoms with Gasteiger partial charge >= 0.3 is 0 Å². The molecule has 0 heteroatoms. The van der Waals surface area contributed by atoms with E-state index < -0.39 is 0 Å². The van der Waals surface area contributed by atoms with Gasteiger partial charge in [-0.05, 0) is 56.9 Å². The molecule has 0 heterocycles. The largest absolute Gasteiger partial charge is 0.0843 e. The Morgan fingerprint density at radius 3 is 3.00 bits per heavy atom. The first-order valence-electron chi connectivity index (χ1n) is 5.21. The van der Waals surface area contributed by atoms with E-state index in [1.807, 2.05) is 0 Å². The highest BCUT2D eigenvalue weighted by Crippen LogP contribution is 2.37. The van der Waals surface area contributed by atoms with E-state index in [1.54, 1.807) is 11.1 Å². The standard InChI is InChI=1S/C12H18/c1-10-5-3-2-4-6-12(10)9-11-7-8-11/h4,6,11H,2-3,5,7-9H2,1H3. The highest BCUT2D eigenvalue weighted by Gasteiger charge is 2.22. The molecule has 2 aliphatic rings. The Morgan fingerprint density at radius 1 is 1.42 bits per heavy atom. The van der Waals surface area contributed by atoms with Crippen LogP contribution in [0.1, 0.15) is 45.4 Å². The van der Waals surface area contributed by atoms with E-state index in [0.29, 0.717) is 0 Å². The summed E-state index contributed by atoms with van der Waals surface area (Å²) in [6, 6.07) is 0. The maximum Gasteiger partial charge on any atom is -0.0251 e. The molecule has 12 heavy (non-hydrogen) atoms. The summed E-state index contributed by atoms with van der Waals surface area (Å²) in [5, 5.41) is 0. The predicted octanol–water partition coefficient (Wildman–Crippen LogP) is 3.84. The monoisotopic (exact) mass is 162 g/mol. The molecular formula is C12H18. The van der Waals surface area contributed by atoms with Gasteiger partial charge in [-0.2, -0.15) is 0 Å². The summed E-state index contributed by atoms with van der Waals surface area (Å²) in [6.45, 7) is 2.31.